The molecule has 112 valence electrons. The summed E-state index contributed by atoms with van der Waals surface area (Å²) >= 11 is 1.26. The maximum absolute atomic E-state index is 12.1. The molecule has 7 heteroatoms. The SMILES string of the molecule is NC(=O)C(c1cccs1)C1(C(=O)O)N=COc2ccccc21. The summed E-state index contributed by atoms with van der Waals surface area (Å²) in [6.07, 6.45) is 1.06. The van der Waals surface area contributed by atoms with Gasteiger partial charge in [-0.15, -0.1) is 11.3 Å². The molecule has 3 rings (SSSR count). The molecule has 0 spiro atoms. The Hall–Kier alpha value is -2.67. The van der Waals surface area contributed by atoms with Gasteiger partial charge in [-0.2, -0.15) is 0 Å². The van der Waals surface area contributed by atoms with Crippen LogP contribution < -0.4 is 10.5 Å². The smallest absolute Gasteiger partial charge is 0.337 e. The van der Waals surface area contributed by atoms with E-state index in [2.05, 4.69) is 4.99 Å². The van der Waals surface area contributed by atoms with Crippen molar-refractivity contribution in [2.75, 3.05) is 0 Å². The first-order valence-corrected chi connectivity index (χ1v) is 7.31. The van der Waals surface area contributed by atoms with E-state index in [0.717, 1.165) is 6.40 Å². The van der Waals surface area contributed by atoms with Crippen molar-refractivity contribution in [2.24, 2.45) is 10.7 Å². The molecule has 1 aromatic heterocycles. The largest absolute Gasteiger partial charge is 0.479 e. The second kappa shape index (κ2) is 5.27. The van der Waals surface area contributed by atoms with Crippen molar-refractivity contribution in [2.45, 2.75) is 11.5 Å². The number of aliphatic imine (C=N–C) groups is 1. The van der Waals surface area contributed by atoms with Gasteiger partial charge >= 0.3 is 5.97 Å². The van der Waals surface area contributed by atoms with Crippen LogP contribution in [-0.2, 0) is 15.1 Å². The molecular weight excluding hydrogens is 304 g/mol. The minimum absolute atomic E-state index is 0.308. The first-order chi connectivity index (χ1) is 10.6. The van der Waals surface area contributed by atoms with Crippen LogP contribution in [0.15, 0.2) is 46.8 Å². The minimum atomic E-state index is -1.83. The van der Waals surface area contributed by atoms with Crippen molar-refractivity contribution in [3.63, 3.8) is 0 Å². The van der Waals surface area contributed by atoms with Crippen LogP contribution in [0, 0.1) is 0 Å². The Bertz CT molecular complexity index is 757. The molecule has 1 aliphatic heterocycles. The summed E-state index contributed by atoms with van der Waals surface area (Å²) in [5.41, 5.74) is 4.01. The van der Waals surface area contributed by atoms with Crippen molar-refractivity contribution < 1.29 is 19.4 Å². The molecule has 0 bridgehead atoms. The van der Waals surface area contributed by atoms with Gasteiger partial charge in [0, 0.05) is 10.4 Å². The van der Waals surface area contributed by atoms with Gasteiger partial charge in [-0.05, 0) is 17.5 Å². The highest BCUT2D eigenvalue weighted by molar-refractivity contribution is 7.10. The number of carboxylic acids is 1. The molecule has 3 N–H and O–H groups in total. The van der Waals surface area contributed by atoms with E-state index in [4.69, 9.17) is 10.5 Å². The van der Waals surface area contributed by atoms with Gasteiger partial charge in [-0.3, -0.25) is 4.79 Å². The van der Waals surface area contributed by atoms with Crippen molar-refractivity contribution in [3.05, 3.63) is 52.2 Å². The lowest BCUT2D eigenvalue weighted by Gasteiger charge is -2.34. The molecule has 2 heterocycles. The van der Waals surface area contributed by atoms with Crippen LogP contribution in [0.25, 0.3) is 0 Å². The lowest BCUT2D eigenvalue weighted by Crippen LogP contribution is -2.47. The second-order valence-electron chi connectivity index (χ2n) is 4.77. The fourth-order valence-corrected chi connectivity index (χ4v) is 3.55. The molecule has 1 aromatic carbocycles. The maximum atomic E-state index is 12.1. The van der Waals surface area contributed by atoms with E-state index < -0.39 is 23.3 Å². The summed E-state index contributed by atoms with van der Waals surface area (Å²) in [7, 11) is 0. The van der Waals surface area contributed by atoms with Crippen LogP contribution in [0.2, 0.25) is 0 Å². The number of para-hydroxylation sites is 1. The van der Waals surface area contributed by atoms with Crippen LogP contribution in [0.5, 0.6) is 5.75 Å². The maximum Gasteiger partial charge on any atom is 0.337 e. The van der Waals surface area contributed by atoms with Crippen molar-refractivity contribution in [3.8, 4) is 5.75 Å². The Labute approximate surface area is 129 Å². The van der Waals surface area contributed by atoms with Crippen molar-refractivity contribution in [1.29, 1.82) is 0 Å². The van der Waals surface area contributed by atoms with Gasteiger partial charge in [0.25, 0.3) is 0 Å². The Morgan fingerprint density at radius 1 is 1.27 bits per heavy atom. The first-order valence-electron chi connectivity index (χ1n) is 6.43. The van der Waals surface area contributed by atoms with Gasteiger partial charge in [0.2, 0.25) is 11.4 Å². The lowest BCUT2D eigenvalue weighted by atomic mass is 9.76. The first kappa shape index (κ1) is 14.3. The van der Waals surface area contributed by atoms with E-state index in [1.807, 2.05) is 0 Å². The van der Waals surface area contributed by atoms with E-state index >= 15 is 0 Å². The zero-order chi connectivity index (χ0) is 15.7. The molecule has 0 fully saturated rings. The fourth-order valence-electron chi connectivity index (χ4n) is 2.65. The number of hydrogen-bond acceptors (Lipinski definition) is 5. The van der Waals surface area contributed by atoms with Gasteiger partial charge < -0.3 is 15.6 Å². The zero-order valence-electron chi connectivity index (χ0n) is 11.3. The number of carbonyl (C=O) groups is 2. The molecule has 1 aliphatic rings. The number of nitrogens with two attached hydrogens (primary N) is 1. The normalized spacial score (nSPS) is 20.7. The molecule has 2 atom stereocenters. The number of benzene rings is 1. The molecule has 2 unspecified atom stereocenters. The van der Waals surface area contributed by atoms with E-state index in [1.165, 1.54) is 11.3 Å². The summed E-state index contributed by atoms with van der Waals surface area (Å²) in [5.74, 6) is -2.77. The van der Waals surface area contributed by atoms with Crippen LogP contribution in [0.4, 0.5) is 0 Å². The lowest BCUT2D eigenvalue weighted by molar-refractivity contribution is -0.147. The fraction of sp³-hybridized carbons (Fsp3) is 0.133. The van der Waals surface area contributed by atoms with Crippen LogP contribution in [0.1, 0.15) is 16.4 Å². The van der Waals surface area contributed by atoms with Crippen molar-refractivity contribution in [1.82, 2.24) is 0 Å². The Kier molecular flexibility index (Phi) is 3.42. The quantitative estimate of drug-likeness (QED) is 0.896. The minimum Gasteiger partial charge on any atom is -0.479 e. The van der Waals surface area contributed by atoms with Gasteiger partial charge in [0.15, 0.2) is 6.40 Å². The van der Waals surface area contributed by atoms with Crippen LogP contribution in [-0.4, -0.2) is 23.4 Å². The highest BCUT2D eigenvalue weighted by Crippen LogP contribution is 2.47. The average Bonchev–Trinajstić information content (AvgIpc) is 3.01. The van der Waals surface area contributed by atoms with E-state index in [-0.39, 0.29) is 0 Å². The number of ether oxygens (including phenoxy) is 1. The number of carbonyl (C=O) groups excluding carboxylic acids is 1. The molecule has 6 nitrogen and oxygen atoms in total. The number of nitrogens with zero attached hydrogens (tertiary/aromatic N) is 1. The number of thiophene rings is 1. The predicted octanol–water partition coefficient (Wildman–Crippen LogP) is 1.72. The molecule has 22 heavy (non-hydrogen) atoms. The number of hydrogen-bond donors (Lipinski definition) is 2. The predicted molar refractivity (Wildman–Crippen MR) is 81.1 cm³/mol. The van der Waals surface area contributed by atoms with Crippen LogP contribution >= 0.6 is 11.3 Å². The average molecular weight is 316 g/mol. The second-order valence-corrected chi connectivity index (χ2v) is 5.75. The number of rotatable bonds is 4. The molecule has 0 radical (unpaired) electrons. The number of carboxylic acid groups (broad SMARTS) is 1. The Morgan fingerprint density at radius 3 is 2.68 bits per heavy atom. The van der Waals surface area contributed by atoms with E-state index in [1.54, 1.807) is 41.8 Å². The van der Waals surface area contributed by atoms with Crippen molar-refractivity contribution >= 4 is 29.6 Å². The third kappa shape index (κ3) is 1.98. The molecule has 0 saturated heterocycles. The highest BCUT2D eigenvalue weighted by Gasteiger charge is 2.54. The number of primary amides is 1. The summed E-state index contributed by atoms with van der Waals surface area (Å²) in [4.78, 5) is 28.8. The van der Waals surface area contributed by atoms with E-state index in [9.17, 15) is 14.7 Å². The number of fused-ring (bicyclic) bond motifs is 1. The number of aliphatic carboxylic acids is 1. The standard InChI is InChI=1S/C15H12N2O4S/c16-13(18)12(11-6-3-7-22-11)15(14(19)20)9-4-1-2-5-10(9)21-8-17-15/h1-8,12H,(H2,16,18)(H,19,20). The monoisotopic (exact) mass is 316 g/mol. The topological polar surface area (TPSA) is 102 Å². The van der Waals surface area contributed by atoms with E-state index in [0.29, 0.717) is 16.2 Å². The Balaban J connectivity index is 2.29. The zero-order valence-corrected chi connectivity index (χ0v) is 12.1. The molecule has 0 saturated carbocycles. The highest BCUT2D eigenvalue weighted by atomic mass is 32.1. The Morgan fingerprint density at radius 2 is 2.05 bits per heavy atom. The number of amides is 1. The van der Waals surface area contributed by atoms with Gasteiger partial charge in [-0.1, -0.05) is 24.3 Å². The molecule has 0 aliphatic carbocycles. The summed E-state index contributed by atoms with van der Waals surface area (Å²) in [6, 6.07) is 10.0. The van der Waals surface area contributed by atoms with Crippen LogP contribution in [0.3, 0.4) is 0 Å². The van der Waals surface area contributed by atoms with Gasteiger partial charge in [0.05, 0.1) is 0 Å². The molecule has 2 aromatic rings. The summed E-state index contributed by atoms with van der Waals surface area (Å²) < 4.78 is 5.27. The molecule has 1 amide bonds. The van der Waals surface area contributed by atoms with Gasteiger partial charge in [0.1, 0.15) is 11.7 Å². The third-order valence-corrected chi connectivity index (χ3v) is 4.53. The summed E-state index contributed by atoms with van der Waals surface area (Å²) in [6.45, 7) is 0. The van der Waals surface area contributed by atoms with Gasteiger partial charge in [-0.25, -0.2) is 9.79 Å². The third-order valence-electron chi connectivity index (χ3n) is 3.59. The molecular formula is C15H12N2O4S. The summed E-state index contributed by atoms with van der Waals surface area (Å²) in [5, 5.41) is 11.6.